The Morgan fingerprint density at radius 1 is 0.611 bits per heavy atom. The average molecular weight is 481 g/mol. The van der Waals surface area contributed by atoms with Crippen LogP contribution in [0.25, 0.3) is 21.5 Å². The van der Waals surface area contributed by atoms with Gasteiger partial charge in [0, 0.05) is 23.9 Å². The minimum atomic E-state index is -0.180. The lowest BCUT2D eigenvalue weighted by Crippen LogP contribution is -2.38. The molecule has 36 heavy (non-hydrogen) atoms. The zero-order valence-electron chi connectivity index (χ0n) is 20.3. The van der Waals surface area contributed by atoms with Crippen molar-refractivity contribution in [2.75, 3.05) is 23.7 Å². The summed E-state index contributed by atoms with van der Waals surface area (Å²) in [5.41, 5.74) is 1.63. The van der Waals surface area contributed by atoms with Gasteiger partial charge in [-0.15, -0.1) is 0 Å². The molecule has 0 unspecified atom stereocenters. The molecule has 1 aliphatic rings. The van der Waals surface area contributed by atoms with E-state index in [0.29, 0.717) is 24.9 Å². The molecule has 0 aliphatic heterocycles. The van der Waals surface area contributed by atoms with Crippen LogP contribution in [0.1, 0.15) is 25.7 Å². The average Bonchev–Trinajstić information content (AvgIpc) is 2.91. The van der Waals surface area contributed by atoms with Crippen molar-refractivity contribution >= 4 is 45.0 Å². The van der Waals surface area contributed by atoms with Gasteiger partial charge in [-0.05, 0) is 54.0 Å². The molecule has 0 saturated heterocycles. The Hall–Kier alpha value is -4.06. The number of benzene rings is 4. The zero-order chi connectivity index (χ0) is 24.7. The van der Waals surface area contributed by atoms with E-state index in [1.807, 2.05) is 84.9 Å². The summed E-state index contributed by atoms with van der Waals surface area (Å²) in [6.07, 6.45) is 4.28. The highest BCUT2D eigenvalue weighted by molar-refractivity contribution is 6.02. The van der Waals surface area contributed by atoms with Gasteiger partial charge < -0.3 is 21.3 Å². The topological polar surface area (TPSA) is 82.3 Å². The maximum absolute atomic E-state index is 12.6. The van der Waals surface area contributed by atoms with E-state index in [-0.39, 0.29) is 12.1 Å². The third-order valence-electron chi connectivity index (χ3n) is 7.07. The van der Waals surface area contributed by atoms with Gasteiger partial charge in [-0.2, -0.15) is 0 Å². The molecule has 0 bridgehead atoms. The molecular formula is C30H32N4O2. The zero-order valence-corrected chi connectivity index (χ0v) is 20.3. The van der Waals surface area contributed by atoms with Gasteiger partial charge in [0.15, 0.2) is 0 Å². The molecule has 1 saturated carbocycles. The van der Waals surface area contributed by atoms with Gasteiger partial charge in [0.25, 0.3) is 0 Å². The Bertz CT molecular complexity index is 1260. The van der Waals surface area contributed by atoms with Crippen LogP contribution >= 0.6 is 0 Å². The number of anilines is 2. The third kappa shape index (κ3) is 5.77. The number of urea groups is 2. The first-order chi connectivity index (χ1) is 17.7. The highest BCUT2D eigenvalue weighted by Gasteiger charge is 2.23. The van der Waals surface area contributed by atoms with Crippen LogP contribution in [0.4, 0.5) is 21.0 Å². The van der Waals surface area contributed by atoms with E-state index in [0.717, 1.165) is 58.6 Å². The smallest absolute Gasteiger partial charge is 0.319 e. The molecule has 184 valence electrons. The molecule has 0 aromatic heterocycles. The van der Waals surface area contributed by atoms with Gasteiger partial charge >= 0.3 is 12.1 Å². The normalized spacial score (nSPS) is 17.4. The van der Waals surface area contributed by atoms with Crippen LogP contribution in [0.3, 0.4) is 0 Å². The van der Waals surface area contributed by atoms with E-state index in [1.54, 1.807) is 0 Å². The van der Waals surface area contributed by atoms with Crippen molar-refractivity contribution in [2.45, 2.75) is 25.7 Å². The molecule has 1 fully saturated rings. The van der Waals surface area contributed by atoms with Crippen LogP contribution in [0, 0.1) is 11.8 Å². The first kappa shape index (κ1) is 23.7. The summed E-state index contributed by atoms with van der Waals surface area (Å²) >= 11 is 0. The minimum absolute atomic E-state index is 0.180. The first-order valence-corrected chi connectivity index (χ1v) is 12.7. The minimum Gasteiger partial charge on any atom is -0.338 e. The van der Waals surface area contributed by atoms with Crippen LogP contribution in [0.15, 0.2) is 84.9 Å². The van der Waals surface area contributed by atoms with E-state index in [9.17, 15) is 9.59 Å². The molecule has 0 spiro atoms. The summed E-state index contributed by atoms with van der Waals surface area (Å²) in [5, 5.41) is 16.4. The van der Waals surface area contributed by atoms with Gasteiger partial charge in [-0.1, -0.05) is 79.2 Å². The van der Waals surface area contributed by atoms with E-state index in [4.69, 9.17) is 0 Å². The van der Waals surface area contributed by atoms with Crippen molar-refractivity contribution in [3.8, 4) is 0 Å². The van der Waals surface area contributed by atoms with Gasteiger partial charge in [-0.25, -0.2) is 9.59 Å². The van der Waals surface area contributed by atoms with Gasteiger partial charge in [0.1, 0.15) is 0 Å². The largest absolute Gasteiger partial charge is 0.338 e. The Kier molecular flexibility index (Phi) is 7.31. The highest BCUT2D eigenvalue weighted by Crippen LogP contribution is 2.29. The quantitative estimate of drug-likeness (QED) is 0.246. The first-order valence-electron chi connectivity index (χ1n) is 12.7. The second-order valence-electron chi connectivity index (χ2n) is 9.62. The number of fused-ring (bicyclic) bond motifs is 2. The molecule has 0 radical (unpaired) electrons. The van der Waals surface area contributed by atoms with Crippen molar-refractivity contribution in [1.82, 2.24) is 10.6 Å². The van der Waals surface area contributed by atoms with Crippen LogP contribution in [-0.4, -0.2) is 25.2 Å². The summed E-state index contributed by atoms with van der Waals surface area (Å²) < 4.78 is 0. The second-order valence-corrected chi connectivity index (χ2v) is 9.62. The van der Waals surface area contributed by atoms with Crippen molar-refractivity contribution < 1.29 is 9.59 Å². The molecule has 4 amide bonds. The monoisotopic (exact) mass is 480 g/mol. The van der Waals surface area contributed by atoms with Crippen LogP contribution in [0.5, 0.6) is 0 Å². The van der Waals surface area contributed by atoms with Crippen molar-refractivity contribution in [2.24, 2.45) is 11.8 Å². The molecule has 4 N–H and O–H groups in total. The molecule has 4 aromatic rings. The maximum Gasteiger partial charge on any atom is 0.319 e. The summed E-state index contributed by atoms with van der Waals surface area (Å²) in [6, 6.07) is 27.5. The van der Waals surface area contributed by atoms with Crippen LogP contribution in [0.2, 0.25) is 0 Å². The number of nitrogens with one attached hydrogen (secondary N) is 4. The maximum atomic E-state index is 12.6. The predicted molar refractivity (Wildman–Crippen MR) is 147 cm³/mol. The fraction of sp³-hybridized carbons (Fsp3) is 0.267. The van der Waals surface area contributed by atoms with E-state index < -0.39 is 0 Å². The summed E-state index contributed by atoms with van der Waals surface area (Å²) in [4.78, 5) is 25.1. The molecule has 4 aromatic carbocycles. The van der Waals surface area contributed by atoms with Gasteiger partial charge in [-0.3, -0.25) is 0 Å². The lowest BCUT2D eigenvalue weighted by atomic mass is 9.81. The fourth-order valence-electron chi connectivity index (χ4n) is 5.25. The lowest BCUT2D eigenvalue weighted by Gasteiger charge is -2.29. The number of hydrogen-bond acceptors (Lipinski definition) is 2. The number of amides is 4. The van der Waals surface area contributed by atoms with Crippen LogP contribution in [-0.2, 0) is 0 Å². The molecular weight excluding hydrogens is 448 g/mol. The molecule has 5 rings (SSSR count). The number of hydrogen-bond donors (Lipinski definition) is 4. The molecule has 1 aliphatic carbocycles. The Morgan fingerprint density at radius 3 is 1.56 bits per heavy atom. The van der Waals surface area contributed by atoms with E-state index in [1.165, 1.54) is 0 Å². The molecule has 6 heteroatoms. The van der Waals surface area contributed by atoms with Gasteiger partial charge in [0.2, 0.25) is 0 Å². The summed E-state index contributed by atoms with van der Waals surface area (Å²) in [5.74, 6) is 0.815. The van der Waals surface area contributed by atoms with E-state index >= 15 is 0 Å². The Labute approximate surface area is 211 Å². The van der Waals surface area contributed by atoms with Crippen molar-refractivity contribution in [3.63, 3.8) is 0 Å². The summed E-state index contributed by atoms with van der Waals surface area (Å²) in [6.45, 7) is 1.27. The Balaban J connectivity index is 1.08. The van der Waals surface area contributed by atoms with E-state index in [2.05, 4.69) is 21.3 Å². The molecule has 0 heterocycles. The highest BCUT2D eigenvalue weighted by atomic mass is 16.2. The van der Waals surface area contributed by atoms with Crippen LogP contribution < -0.4 is 21.3 Å². The second kappa shape index (κ2) is 11.1. The Morgan fingerprint density at radius 2 is 1.06 bits per heavy atom. The SMILES string of the molecule is O=C(NC[C@@H]1CCC[C@@H](CNC(=O)Nc2cccc3ccccc23)C1)Nc1cccc2ccccc12. The standard InChI is InChI=1S/C30H32N4O2/c35-29(33-27-16-6-12-23-10-1-3-14-25(23)27)31-19-21-8-5-9-22(18-21)20-32-30(36)34-28-17-7-13-24-11-2-4-15-26(24)28/h1-4,6-7,10-17,21-22H,5,8-9,18-20H2,(H2,31,33,35)(H2,32,34,36)/t21-,22-/m1/s1. The number of carbonyl (C=O) groups is 2. The molecule has 2 atom stereocenters. The number of rotatable bonds is 6. The summed E-state index contributed by atoms with van der Waals surface area (Å²) in [7, 11) is 0. The third-order valence-corrected chi connectivity index (χ3v) is 7.07. The fourth-order valence-corrected chi connectivity index (χ4v) is 5.25. The van der Waals surface area contributed by atoms with Gasteiger partial charge in [0.05, 0.1) is 11.4 Å². The molecule has 6 nitrogen and oxygen atoms in total. The van der Waals surface area contributed by atoms with Crippen molar-refractivity contribution in [3.05, 3.63) is 84.9 Å². The number of carbonyl (C=O) groups excluding carboxylic acids is 2. The van der Waals surface area contributed by atoms with Crippen molar-refractivity contribution in [1.29, 1.82) is 0 Å². The predicted octanol–water partition coefficient (Wildman–Crippen LogP) is 6.74. The lowest BCUT2D eigenvalue weighted by molar-refractivity contribution is 0.230.